The molecule has 1 nitrogen and oxygen atoms in total. The molecule has 0 bridgehead atoms. The molecule has 2 aliphatic carbocycles. The molecule has 0 heterocycles. The predicted octanol–water partition coefficient (Wildman–Crippen LogP) is 3.93. The van der Waals surface area contributed by atoms with Gasteiger partial charge in [-0.15, -0.1) is 0 Å². The third-order valence-corrected chi connectivity index (χ3v) is 5.09. The number of rotatable bonds is 3. The fraction of sp³-hybridized carbons (Fsp3) is 0.667. The van der Waals surface area contributed by atoms with E-state index in [0.717, 1.165) is 18.3 Å². The van der Waals surface area contributed by atoms with Crippen LogP contribution in [0.5, 0.6) is 0 Å². The van der Waals surface area contributed by atoms with Crippen LogP contribution in [0.15, 0.2) is 24.3 Å². The van der Waals surface area contributed by atoms with Crippen molar-refractivity contribution in [1.29, 1.82) is 0 Å². The highest BCUT2D eigenvalue weighted by Gasteiger charge is 2.47. The Balaban J connectivity index is 1.60. The highest BCUT2D eigenvalue weighted by Crippen LogP contribution is 2.55. The average molecular weight is 258 g/mol. The van der Waals surface area contributed by atoms with Crippen LogP contribution in [0.25, 0.3) is 0 Å². The minimum absolute atomic E-state index is 0.131. The maximum atomic E-state index is 10.4. The average Bonchev–Trinajstić information content (AvgIpc) is 2.95. The predicted molar refractivity (Wildman–Crippen MR) is 79.2 cm³/mol. The smallest absolute Gasteiger partial charge is 0.0608 e. The molecule has 0 saturated heterocycles. The zero-order valence-corrected chi connectivity index (χ0v) is 12.4. The minimum Gasteiger partial charge on any atom is -0.392 e. The van der Waals surface area contributed by atoms with Crippen LogP contribution < -0.4 is 0 Å². The Kier molecular flexibility index (Phi) is 3.21. The van der Waals surface area contributed by atoms with Crippen molar-refractivity contribution in [3.63, 3.8) is 0 Å². The van der Waals surface area contributed by atoms with Gasteiger partial charge in [0.1, 0.15) is 0 Å². The van der Waals surface area contributed by atoms with E-state index in [2.05, 4.69) is 45.0 Å². The van der Waals surface area contributed by atoms with E-state index in [1.165, 1.54) is 30.4 Å². The molecule has 0 aliphatic heterocycles. The molecular weight excluding hydrogens is 232 g/mol. The number of hydrogen-bond acceptors (Lipinski definition) is 1. The summed E-state index contributed by atoms with van der Waals surface area (Å²) in [6, 6.07) is 8.82. The van der Waals surface area contributed by atoms with Crippen LogP contribution in [0.3, 0.4) is 0 Å². The van der Waals surface area contributed by atoms with E-state index in [-0.39, 0.29) is 11.5 Å². The molecule has 0 radical (unpaired) electrons. The fourth-order valence-electron chi connectivity index (χ4n) is 3.62. The first-order valence-electron chi connectivity index (χ1n) is 7.71. The molecule has 2 fully saturated rings. The van der Waals surface area contributed by atoms with Gasteiger partial charge in [0.25, 0.3) is 0 Å². The SMILES string of the molecule is CC(C)(C)c1ccc(CC(O)C2CC3CC3C2)cc1. The van der Waals surface area contributed by atoms with Crippen molar-refractivity contribution in [2.45, 2.75) is 58.0 Å². The van der Waals surface area contributed by atoms with E-state index in [9.17, 15) is 5.11 Å². The molecule has 0 amide bonds. The quantitative estimate of drug-likeness (QED) is 0.871. The second-order valence-electron chi connectivity index (χ2n) is 7.71. The summed E-state index contributed by atoms with van der Waals surface area (Å²) in [5, 5.41) is 10.4. The molecule has 3 rings (SSSR count). The van der Waals surface area contributed by atoms with Crippen molar-refractivity contribution >= 4 is 0 Å². The van der Waals surface area contributed by atoms with Crippen molar-refractivity contribution in [2.24, 2.45) is 17.8 Å². The summed E-state index contributed by atoms with van der Waals surface area (Å²) in [6.07, 6.45) is 4.67. The first-order chi connectivity index (χ1) is 8.93. The topological polar surface area (TPSA) is 20.2 Å². The van der Waals surface area contributed by atoms with Crippen LogP contribution in [0.4, 0.5) is 0 Å². The third-order valence-electron chi connectivity index (χ3n) is 5.09. The molecule has 0 spiro atoms. The summed E-state index contributed by atoms with van der Waals surface area (Å²) < 4.78 is 0. The summed E-state index contributed by atoms with van der Waals surface area (Å²) in [5.41, 5.74) is 2.86. The van der Waals surface area contributed by atoms with Gasteiger partial charge in [-0.3, -0.25) is 0 Å². The van der Waals surface area contributed by atoms with Gasteiger partial charge in [-0.25, -0.2) is 0 Å². The van der Waals surface area contributed by atoms with Crippen molar-refractivity contribution in [1.82, 2.24) is 0 Å². The van der Waals surface area contributed by atoms with Gasteiger partial charge in [0.05, 0.1) is 6.10 Å². The van der Waals surface area contributed by atoms with Gasteiger partial charge in [0.2, 0.25) is 0 Å². The van der Waals surface area contributed by atoms with Crippen LogP contribution in [0.1, 0.15) is 51.2 Å². The van der Waals surface area contributed by atoms with E-state index < -0.39 is 0 Å². The molecule has 1 aromatic rings. The standard InChI is InChI=1S/C18H26O/c1-18(2,3)16-6-4-12(5-7-16)8-17(19)15-10-13-9-14(13)11-15/h4-7,13-15,17,19H,8-11H2,1-3H3. The molecule has 0 aromatic heterocycles. The summed E-state index contributed by atoms with van der Waals surface area (Å²) in [5.74, 6) is 2.48. The van der Waals surface area contributed by atoms with E-state index >= 15 is 0 Å². The van der Waals surface area contributed by atoms with E-state index in [0.29, 0.717) is 5.92 Å². The second-order valence-corrected chi connectivity index (χ2v) is 7.71. The van der Waals surface area contributed by atoms with E-state index in [1.54, 1.807) is 0 Å². The maximum Gasteiger partial charge on any atom is 0.0608 e. The number of benzene rings is 1. The zero-order chi connectivity index (χ0) is 13.6. The normalized spacial score (nSPS) is 31.1. The van der Waals surface area contributed by atoms with Crippen molar-refractivity contribution < 1.29 is 5.11 Å². The molecule has 2 aliphatic rings. The lowest BCUT2D eigenvalue weighted by Gasteiger charge is -2.21. The Labute approximate surface area is 117 Å². The molecule has 1 N–H and O–H groups in total. The van der Waals surface area contributed by atoms with Gasteiger partial charge in [0.15, 0.2) is 0 Å². The Bertz CT molecular complexity index is 430. The van der Waals surface area contributed by atoms with Gasteiger partial charge < -0.3 is 5.11 Å². The van der Waals surface area contributed by atoms with E-state index in [1.807, 2.05) is 0 Å². The Morgan fingerprint density at radius 2 is 1.63 bits per heavy atom. The summed E-state index contributed by atoms with van der Waals surface area (Å²) in [4.78, 5) is 0. The Morgan fingerprint density at radius 1 is 1.05 bits per heavy atom. The van der Waals surface area contributed by atoms with Crippen molar-refractivity contribution in [2.75, 3.05) is 0 Å². The van der Waals surface area contributed by atoms with Gasteiger partial charge >= 0.3 is 0 Å². The Morgan fingerprint density at radius 3 is 2.16 bits per heavy atom. The molecule has 3 atom stereocenters. The van der Waals surface area contributed by atoms with Crippen LogP contribution in [0.2, 0.25) is 0 Å². The van der Waals surface area contributed by atoms with Gasteiger partial charge in [-0.1, -0.05) is 45.0 Å². The van der Waals surface area contributed by atoms with Crippen molar-refractivity contribution in [3.05, 3.63) is 35.4 Å². The monoisotopic (exact) mass is 258 g/mol. The van der Waals surface area contributed by atoms with Crippen LogP contribution in [0, 0.1) is 17.8 Å². The minimum atomic E-state index is -0.131. The number of hydrogen-bond donors (Lipinski definition) is 1. The molecule has 1 heteroatoms. The molecule has 3 unspecified atom stereocenters. The highest BCUT2D eigenvalue weighted by atomic mass is 16.3. The lowest BCUT2D eigenvalue weighted by molar-refractivity contribution is 0.104. The zero-order valence-electron chi connectivity index (χ0n) is 12.4. The van der Waals surface area contributed by atoms with Gasteiger partial charge in [0, 0.05) is 0 Å². The maximum absolute atomic E-state index is 10.4. The van der Waals surface area contributed by atoms with Crippen LogP contribution in [-0.4, -0.2) is 11.2 Å². The van der Waals surface area contributed by atoms with E-state index in [4.69, 9.17) is 0 Å². The van der Waals surface area contributed by atoms with Gasteiger partial charge in [-0.05, 0) is 60.0 Å². The van der Waals surface area contributed by atoms with Crippen LogP contribution >= 0.6 is 0 Å². The first-order valence-corrected chi connectivity index (χ1v) is 7.71. The fourth-order valence-corrected chi connectivity index (χ4v) is 3.62. The van der Waals surface area contributed by atoms with Crippen molar-refractivity contribution in [3.8, 4) is 0 Å². The largest absolute Gasteiger partial charge is 0.392 e. The molecule has 19 heavy (non-hydrogen) atoms. The second kappa shape index (κ2) is 4.63. The summed E-state index contributed by atoms with van der Waals surface area (Å²) in [7, 11) is 0. The lowest BCUT2D eigenvalue weighted by atomic mass is 9.85. The number of aliphatic hydroxyl groups is 1. The molecule has 1 aromatic carbocycles. The number of aliphatic hydroxyl groups excluding tert-OH is 1. The Hall–Kier alpha value is -0.820. The lowest BCUT2D eigenvalue weighted by Crippen LogP contribution is -2.21. The first kappa shape index (κ1) is 13.2. The van der Waals surface area contributed by atoms with Gasteiger partial charge in [-0.2, -0.15) is 0 Å². The highest BCUT2D eigenvalue weighted by molar-refractivity contribution is 5.28. The van der Waals surface area contributed by atoms with Crippen LogP contribution in [-0.2, 0) is 11.8 Å². The molecule has 2 saturated carbocycles. The molecule has 104 valence electrons. The molecular formula is C18H26O. The number of fused-ring (bicyclic) bond motifs is 1. The summed E-state index contributed by atoms with van der Waals surface area (Å²) >= 11 is 0. The third kappa shape index (κ3) is 2.86. The summed E-state index contributed by atoms with van der Waals surface area (Å²) in [6.45, 7) is 6.71.